The van der Waals surface area contributed by atoms with E-state index in [2.05, 4.69) is 33.3 Å². The highest BCUT2D eigenvalue weighted by atomic mass is 79.9. The van der Waals surface area contributed by atoms with Crippen molar-refractivity contribution < 1.29 is 4.79 Å². The first-order chi connectivity index (χ1) is 10.6. The maximum atomic E-state index is 12.2. The number of carbonyl (C=O) groups is 1. The summed E-state index contributed by atoms with van der Waals surface area (Å²) < 4.78 is 2.81. The minimum Gasteiger partial charge on any atom is -0.352 e. The van der Waals surface area contributed by atoms with Crippen molar-refractivity contribution in [3.63, 3.8) is 0 Å². The van der Waals surface area contributed by atoms with Crippen LogP contribution in [-0.4, -0.2) is 22.2 Å². The van der Waals surface area contributed by atoms with E-state index in [1.807, 2.05) is 31.2 Å². The van der Waals surface area contributed by atoms with Crippen molar-refractivity contribution in [2.24, 2.45) is 0 Å². The Hall–Kier alpha value is -1.62. The number of nitrogens with zero attached hydrogens (tertiary/aromatic N) is 2. The van der Waals surface area contributed by atoms with Gasteiger partial charge in [0, 0.05) is 11.0 Å². The highest BCUT2D eigenvalue weighted by Crippen LogP contribution is 2.17. The fraction of sp³-hybridized carbons (Fsp3) is 0.412. The average molecular weight is 364 g/mol. The second-order valence-corrected chi connectivity index (χ2v) is 6.26. The van der Waals surface area contributed by atoms with Crippen molar-refractivity contribution >= 4 is 21.8 Å². The summed E-state index contributed by atoms with van der Waals surface area (Å²) in [6.07, 6.45) is 6.25. The number of carbonyl (C=O) groups excluding carboxylic acids is 1. The van der Waals surface area contributed by atoms with Gasteiger partial charge in [0.2, 0.25) is 0 Å². The van der Waals surface area contributed by atoms with Gasteiger partial charge in [0.05, 0.1) is 23.1 Å². The standard InChI is InChI=1S/C17H22BrN3O/c1-3-4-5-6-11-19-17(22)16-12-20-21(13(16)2)15-9-7-14(18)8-10-15/h7-10,12H,3-6,11H2,1-2H3,(H,19,22). The van der Waals surface area contributed by atoms with Crippen LogP contribution in [0.5, 0.6) is 0 Å². The Morgan fingerprint density at radius 3 is 2.64 bits per heavy atom. The fourth-order valence-electron chi connectivity index (χ4n) is 2.32. The second kappa shape index (κ2) is 8.13. The van der Waals surface area contributed by atoms with E-state index in [1.165, 1.54) is 12.8 Å². The molecule has 1 heterocycles. The summed E-state index contributed by atoms with van der Waals surface area (Å²) in [5, 5.41) is 7.31. The second-order valence-electron chi connectivity index (χ2n) is 5.35. The lowest BCUT2D eigenvalue weighted by Crippen LogP contribution is -2.24. The van der Waals surface area contributed by atoms with Gasteiger partial charge in [0.1, 0.15) is 0 Å². The monoisotopic (exact) mass is 363 g/mol. The third-order valence-corrected chi connectivity index (χ3v) is 4.17. The zero-order valence-corrected chi connectivity index (χ0v) is 14.7. The maximum absolute atomic E-state index is 12.2. The molecule has 0 unspecified atom stereocenters. The number of benzene rings is 1. The maximum Gasteiger partial charge on any atom is 0.254 e. The highest BCUT2D eigenvalue weighted by Gasteiger charge is 2.14. The number of nitrogens with one attached hydrogen (secondary N) is 1. The zero-order chi connectivity index (χ0) is 15.9. The number of amides is 1. The first-order valence-electron chi connectivity index (χ1n) is 7.72. The third-order valence-electron chi connectivity index (χ3n) is 3.64. The van der Waals surface area contributed by atoms with E-state index in [-0.39, 0.29) is 5.91 Å². The molecule has 1 aromatic carbocycles. The van der Waals surface area contributed by atoms with Crippen LogP contribution < -0.4 is 5.32 Å². The molecule has 0 saturated carbocycles. The van der Waals surface area contributed by atoms with Crippen LogP contribution in [0.1, 0.15) is 48.7 Å². The topological polar surface area (TPSA) is 46.9 Å². The molecule has 118 valence electrons. The van der Waals surface area contributed by atoms with Crippen molar-refractivity contribution in [2.75, 3.05) is 6.54 Å². The lowest BCUT2D eigenvalue weighted by molar-refractivity contribution is 0.0952. The van der Waals surface area contributed by atoms with Gasteiger partial charge in [-0.3, -0.25) is 4.79 Å². The van der Waals surface area contributed by atoms with Crippen LogP contribution in [0.3, 0.4) is 0 Å². The van der Waals surface area contributed by atoms with Crippen molar-refractivity contribution in [2.45, 2.75) is 39.5 Å². The molecule has 2 aromatic rings. The van der Waals surface area contributed by atoms with Gasteiger partial charge < -0.3 is 5.32 Å². The Bertz CT molecular complexity index is 619. The molecule has 0 aliphatic rings. The van der Waals surface area contributed by atoms with E-state index in [4.69, 9.17) is 0 Å². The van der Waals surface area contributed by atoms with E-state index < -0.39 is 0 Å². The van der Waals surface area contributed by atoms with Crippen molar-refractivity contribution in [3.8, 4) is 5.69 Å². The molecule has 0 saturated heterocycles. The van der Waals surface area contributed by atoms with Crippen molar-refractivity contribution in [1.29, 1.82) is 0 Å². The lowest BCUT2D eigenvalue weighted by atomic mass is 10.2. The van der Waals surface area contributed by atoms with Crippen LogP contribution >= 0.6 is 15.9 Å². The molecule has 0 fully saturated rings. The highest BCUT2D eigenvalue weighted by molar-refractivity contribution is 9.10. The molecule has 0 radical (unpaired) electrons. The molecule has 2 rings (SSSR count). The van der Waals surface area contributed by atoms with E-state index in [9.17, 15) is 4.79 Å². The summed E-state index contributed by atoms with van der Waals surface area (Å²) in [4.78, 5) is 12.2. The molecule has 0 atom stereocenters. The average Bonchev–Trinajstić information content (AvgIpc) is 2.89. The van der Waals surface area contributed by atoms with Gasteiger partial charge in [0.15, 0.2) is 0 Å². The van der Waals surface area contributed by atoms with Crippen LogP contribution in [-0.2, 0) is 0 Å². The number of aromatic nitrogens is 2. The van der Waals surface area contributed by atoms with Crippen molar-refractivity contribution in [1.82, 2.24) is 15.1 Å². The Labute approximate surface area is 140 Å². The summed E-state index contributed by atoms with van der Waals surface area (Å²) >= 11 is 3.42. The predicted molar refractivity (Wildman–Crippen MR) is 92.5 cm³/mol. The van der Waals surface area contributed by atoms with Gasteiger partial charge in [-0.2, -0.15) is 5.10 Å². The molecule has 1 N–H and O–H groups in total. The van der Waals surface area contributed by atoms with Crippen LogP contribution in [0.25, 0.3) is 5.69 Å². The molecule has 0 bridgehead atoms. The first kappa shape index (κ1) is 16.7. The summed E-state index contributed by atoms with van der Waals surface area (Å²) in [7, 11) is 0. The van der Waals surface area contributed by atoms with Gasteiger partial charge in [-0.1, -0.05) is 42.1 Å². The number of halogens is 1. The molecule has 22 heavy (non-hydrogen) atoms. The third kappa shape index (κ3) is 4.19. The molecule has 1 aromatic heterocycles. The zero-order valence-electron chi connectivity index (χ0n) is 13.1. The Morgan fingerprint density at radius 1 is 1.23 bits per heavy atom. The molecular formula is C17H22BrN3O. The van der Waals surface area contributed by atoms with Gasteiger partial charge in [-0.15, -0.1) is 0 Å². The number of hydrogen-bond donors (Lipinski definition) is 1. The van der Waals surface area contributed by atoms with Gasteiger partial charge in [-0.25, -0.2) is 4.68 Å². The summed E-state index contributed by atoms with van der Waals surface area (Å²) in [6, 6.07) is 7.86. The molecule has 4 nitrogen and oxygen atoms in total. The van der Waals surface area contributed by atoms with Crippen molar-refractivity contribution in [3.05, 3.63) is 46.2 Å². The molecule has 0 spiro atoms. The Morgan fingerprint density at radius 2 is 1.95 bits per heavy atom. The number of hydrogen-bond acceptors (Lipinski definition) is 2. The lowest BCUT2D eigenvalue weighted by Gasteiger charge is -2.07. The molecule has 0 aliphatic heterocycles. The largest absolute Gasteiger partial charge is 0.352 e. The molecule has 5 heteroatoms. The smallest absolute Gasteiger partial charge is 0.254 e. The van der Waals surface area contributed by atoms with Crippen LogP contribution in [0.2, 0.25) is 0 Å². The van der Waals surface area contributed by atoms with Crippen LogP contribution in [0.4, 0.5) is 0 Å². The molecular weight excluding hydrogens is 342 g/mol. The quantitative estimate of drug-likeness (QED) is 0.747. The van der Waals surface area contributed by atoms with E-state index in [0.717, 1.165) is 35.2 Å². The van der Waals surface area contributed by atoms with E-state index >= 15 is 0 Å². The normalized spacial score (nSPS) is 10.7. The minimum absolute atomic E-state index is 0.0441. The van der Waals surface area contributed by atoms with Crippen LogP contribution in [0.15, 0.2) is 34.9 Å². The summed E-state index contributed by atoms with van der Waals surface area (Å²) in [6.45, 7) is 4.82. The van der Waals surface area contributed by atoms with Crippen LogP contribution in [0, 0.1) is 6.92 Å². The predicted octanol–water partition coefficient (Wildman–Crippen LogP) is 4.25. The van der Waals surface area contributed by atoms with Gasteiger partial charge >= 0.3 is 0 Å². The number of rotatable bonds is 7. The van der Waals surface area contributed by atoms with E-state index in [0.29, 0.717) is 5.56 Å². The fourth-order valence-corrected chi connectivity index (χ4v) is 2.59. The summed E-state index contributed by atoms with van der Waals surface area (Å²) in [5.41, 5.74) is 2.44. The molecule has 0 aliphatic carbocycles. The molecule has 1 amide bonds. The minimum atomic E-state index is -0.0441. The number of unbranched alkanes of at least 4 members (excludes halogenated alkanes) is 3. The van der Waals surface area contributed by atoms with E-state index in [1.54, 1.807) is 10.9 Å². The SMILES string of the molecule is CCCCCCNC(=O)c1cnn(-c2ccc(Br)cc2)c1C. The summed E-state index contributed by atoms with van der Waals surface area (Å²) in [5.74, 6) is -0.0441. The van der Waals surface area contributed by atoms with Gasteiger partial charge in [0.25, 0.3) is 5.91 Å². The van der Waals surface area contributed by atoms with Gasteiger partial charge in [-0.05, 0) is 37.6 Å². The Kier molecular flexibility index (Phi) is 6.19. The first-order valence-corrected chi connectivity index (χ1v) is 8.51. The Balaban J connectivity index is 2.01.